The molecule has 0 saturated carbocycles. The average Bonchev–Trinajstić information content (AvgIpc) is 2.40. The fourth-order valence-electron chi connectivity index (χ4n) is 2.48. The number of anilines is 1. The lowest BCUT2D eigenvalue weighted by Gasteiger charge is -2.40. The van der Waals surface area contributed by atoms with E-state index in [2.05, 4.69) is 9.88 Å². The Hall–Kier alpha value is -1.85. The van der Waals surface area contributed by atoms with Crippen molar-refractivity contribution >= 4 is 11.9 Å². The Morgan fingerprint density at radius 2 is 2.05 bits per heavy atom. The third-order valence-electron chi connectivity index (χ3n) is 3.58. The van der Waals surface area contributed by atoms with Gasteiger partial charge in [-0.15, -0.1) is 0 Å². The first-order chi connectivity index (χ1) is 10.2. The normalized spacial score (nSPS) is 19.3. The van der Waals surface area contributed by atoms with Gasteiger partial charge in [0.1, 0.15) is 17.2 Å². The molecule has 0 bridgehead atoms. The molecule has 0 N–H and O–H groups in total. The number of rotatable bonds is 1. The van der Waals surface area contributed by atoms with Crippen LogP contribution >= 0.6 is 0 Å². The smallest absolute Gasteiger partial charge is 0.410 e. The molecule has 1 fully saturated rings. The first kappa shape index (κ1) is 16.5. The summed E-state index contributed by atoms with van der Waals surface area (Å²) in [5.74, 6) is 0.444. The number of hydrogen-bond acceptors (Lipinski definition) is 4. The molecule has 2 heterocycles. The van der Waals surface area contributed by atoms with Gasteiger partial charge in [0.05, 0.1) is 5.69 Å². The zero-order valence-electron chi connectivity index (χ0n) is 13.9. The van der Waals surface area contributed by atoms with Crippen molar-refractivity contribution in [2.24, 2.45) is 0 Å². The van der Waals surface area contributed by atoms with Crippen molar-refractivity contribution in [2.75, 3.05) is 24.5 Å². The van der Waals surface area contributed by atoms with Crippen molar-refractivity contribution in [3.8, 4) is 0 Å². The van der Waals surface area contributed by atoms with Crippen molar-refractivity contribution in [2.45, 2.75) is 46.3 Å². The van der Waals surface area contributed by atoms with Crippen LogP contribution in [0.25, 0.3) is 0 Å². The minimum absolute atomic E-state index is 0.0960. The number of amides is 1. The number of halogens is 1. The third kappa shape index (κ3) is 3.87. The first-order valence-electron chi connectivity index (χ1n) is 7.55. The molecule has 1 aromatic heterocycles. The molecule has 6 heteroatoms. The Bertz CT molecular complexity index is 557. The summed E-state index contributed by atoms with van der Waals surface area (Å²) in [7, 11) is 0. The van der Waals surface area contributed by atoms with Gasteiger partial charge in [-0.25, -0.2) is 14.2 Å². The van der Waals surface area contributed by atoms with Gasteiger partial charge in [-0.3, -0.25) is 0 Å². The van der Waals surface area contributed by atoms with Crippen LogP contribution in [0.4, 0.5) is 15.0 Å². The maximum atomic E-state index is 13.3. The fourth-order valence-corrected chi connectivity index (χ4v) is 2.48. The van der Waals surface area contributed by atoms with Crippen LogP contribution in [0.2, 0.25) is 0 Å². The highest BCUT2D eigenvalue weighted by Crippen LogP contribution is 2.21. The molecule has 0 aromatic carbocycles. The quantitative estimate of drug-likeness (QED) is 0.800. The Morgan fingerprint density at radius 3 is 2.59 bits per heavy atom. The highest BCUT2D eigenvalue weighted by molar-refractivity contribution is 5.68. The van der Waals surface area contributed by atoms with Gasteiger partial charge >= 0.3 is 6.09 Å². The summed E-state index contributed by atoms with van der Waals surface area (Å²) in [6.07, 6.45) is -0.290. The topological polar surface area (TPSA) is 45.7 Å². The van der Waals surface area contributed by atoms with Crippen LogP contribution in [0.3, 0.4) is 0 Å². The van der Waals surface area contributed by atoms with Crippen LogP contribution in [0.5, 0.6) is 0 Å². The van der Waals surface area contributed by atoms with Crippen LogP contribution in [0, 0.1) is 12.7 Å². The van der Waals surface area contributed by atoms with E-state index in [-0.39, 0.29) is 18.0 Å². The zero-order valence-corrected chi connectivity index (χ0v) is 13.9. The molecule has 1 atom stereocenters. The number of aryl methyl sites for hydroxylation is 1. The average molecular weight is 309 g/mol. The fraction of sp³-hybridized carbons (Fsp3) is 0.625. The molecule has 0 spiro atoms. The molecule has 1 saturated heterocycles. The summed E-state index contributed by atoms with van der Waals surface area (Å²) in [4.78, 5) is 20.2. The van der Waals surface area contributed by atoms with E-state index >= 15 is 0 Å². The summed E-state index contributed by atoms with van der Waals surface area (Å²) in [6, 6.07) is 3.21. The van der Waals surface area contributed by atoms with Crippen LogP contribution in [-0.4, -0.2) is 47.3 Å². The van der Waals surface area contributed by atoms with Crippen molar-refractivity contribution in [3.63, 3.8) is 0 Å². The molecule has 122 valence electrons. The van der Waals surface area contributed by atoms with E-state index in [1.165, 1.54) is 6.07 Å². The highest BCUT2D eigenvalue weighted by atomic mass is 19.1. The molecular weight excluding hydrogens is 285 g/mol. The number of nitrogens with zero attached hydrogens (tertiary/aromatic N) is 3. The number of aromatic nitrogens is 1. The molecule has 0 aliphatic carbocycles. The minimum atomic E-state index is -0.493. The number of carbonyl (C=O) groups is 1. The lowest BCUT2D eigenvalue weighted by Crippen LogP contribution is -2.54. The SMILES string of the molecule is Cc1nc(N2CCN(C(=O)OC(C)(C)C)C[C@@H]2C)ccc1F. The van der Waals surface area contributed by atoms with E-state index in [9.17, 15) is 9.18 Å². The molecular formula is C16H24FN3O2. The van der Waals surface area contributed by atoms with Crippen LogP contribution in [-0.2, 0) is 4.74 Å². The summed E-state index contributed by atoms with van der Waals surface area (Å²) >= 11 is 0. The largest absolute Gasteiger partial charge is 0.444 e. The Labute approximate surface area is 131 Å². The van der Waals surface area contributed by atoms with Crippen molar-refractivity contribution in [3.05, 3.63) is 23.6 Å². The molecule has 1 aromatic rings. The number of piperazine rings is 1. The Kier molecular flexibility index (Phi) is 4.58. The van der Waals surface area contributed by atoms with Gasteiger partial charge in [0.2, 0.25) is 0 Å². The number of pyridine rings is 1. The maximum absolute atomic E-state index is 13.3. The van der Waals surface area contributed by atoms with Gasteiger partial charge in [-0.05, 0) is 46.8 Å². The predicted molar refractivity (Wildman–Crippen MR) is 83.5 cm³/mol. The van der Waals surface area contributed by atoms with Gasteiger partial charge < -0.3 is 14.5 Å². The van der Waals surface area contributed by atoms with E-state index in [0.29, 0.717) is 25.3 Å². The van der Waals surface area contributed by atoms with E-state index in [1.54, 1.807) is 17.9 Å². The maximum Gasteiger partial charge on any atom is 0.410 e. The molecule has 5 nitrogen and oxygen atoms in total. The van der Waals surface area contributed by atoms with E-state index in [0.717, 1.165) is 5.82 Å². The highest BCUT2D eigenvalue weighted by Gasteiger charge is 2.30. The molecule has 0 radical (unpaired) electrons. The molecule has 22 heavy (non-hydrogen) atoms. The summed E-state index contributed by atoms with van der Waals surface area (Å²) in [6.45, 7) is 11.0. The van der Waals surface area contributed by atoms with E-state index < -0.39 is 5.60 Å². The van der Waals surface area contributed by atoms with Gasteiger partial charge in [-0.1, -0.05) is 0 Å². The zero-order chi connectivity index (χ0) is 16.5. The summed E-state index contributed by atoms with van der Waals surface area (Å²) in [5, 5.41) is 0. The van der Waals surface area contributed by atoms with Gasteiger partial charge in [0.15, 0.2) is 0 Å². The van der Waals surface area contributed by atoms with Crippen molar-refractivity contribution in [1.82, 2.24) is 9.88 Å². The van der Waals surface area contributed by atoms with E-state index in [1.807, 2.05) is 27.7 Å². The molecule has 1 amide bonds. The van der Waals surface area contributed by atoms with Crippen molar-refractivity contribution in [1.29, 1.82) is 0 Å². The Morgan fingerprint density at radius 1 is 1.36 bits per heavy atom. The van der Waals surface area contributed by atoms with Crippen molar-refractivity contribution < 1.29 is 13.9 Å². The summed E-state index contributed by atoms with van der Waals surface area (Å²) in [5.41, 5.74) is -0.105. The minimum Gasteiger partial charge on any atom is -0.444 e. The predicted octanol–water partition coefficient (Wildman–Crippen LogP) is 2.97. The van der Waals surface area contributed by atoms with Crippen LogP contribution in [0.1, 0.15) is 33.4 Å². The molecule has 2 rings (SSSR count). The standard InChI is InChI=1S/C16H24FN3O2/c1-11-10-19(15(21)22-16(3,4)5)8-9-20(11)14-7-6-13(17)12(2)18-14/h6-7,11H,8-10H2,1-5H3/t11-/m0/s1. The number of hydrogen-bond donors (Lipinski definition) is 0. The Balaban J connectivity index is 2.03. The summed E-state index contributed by atoms with van der Waals surface area (Å²) < 4.78 is 18.7. The van der Waals surface area contributed by atoms with Gasteiger partial charge in [0.25, 0.3) is 0 Å². The molecule has 1 aliphatic rings. The monoisotopic (exact) mass is 309 g/mol. The van der Waals surface area contributed by atoms with Gasteiger partial charge in [-0.2, -0.15) is 0 Å². The third-order valence-corrected chi connectivity index (χ3v) is 3.58. The second-order valence-corrected chi connectivity index (χ2v) is 6.71. The second-order valence-electron chi connectivity index (χ2n) is 6.71. The lowest BCUT2D eigenvalue weighted by atomic mass is 10.2. The number of carbonyl (C=O) groups excluding carboxylic acids is 1. The van der Waals surface area contributed by atoms with Crippen LogP contribution in [0.15, 0.2) is 12.1 Å². The second kappa shape index (κ2) is 6.10. The van der Waals surface area contributed by atoms with Gasteiger partial charge in [0, 0.05) is 25.7 Å². The van der Waals surface area contributed by atoms with Crippen LogP contribution < -0.4 is 4.90 Å². The van der Waals surface area contributed by atoms with E-state index in [4.69, 9.17) is 4.74 Å². The lowest BCUT2D eigenvalue weighted by molar-refractivity contribution is 0.0218. The molecule has 0 unspecified atom stereocenters. The molecule has 1 aliphatic heterocycles. The number of ether oxygens (including phenoxy) is 1. The first-order valence-corrected chi connectivity index (χ1v) is 7.55.